The van der Waals surface area contributed by atoms with Gasteiger partial charge in [-0.3, -0.25) is 4.79 Å². The van der Waals surface area contributed by atoms with Crippen molar-refractivity contribution < 1.29 is 24.4 Å². The number of ether oxygens (including phenoxy) is 1. The quantitative estimate of drug-likeness (QED) is 0.410. The van der Waals surface area contributed by atoms with Gasteiger partial charge in [0.15, 0.2) is 11.5 Å². The van der Waals surface area contributed by atoms with Crippen LogP contribution in [0.2, 0.25) is 0 Å². The fourth-order valence-corrected chi connectivity index (χ4v) is 2.36. The van der Waals surface area contributed by atoms with E-state index in [0.29, 0.717) is 18.1 Å². The van der Waals surface area contributed by atoms with Gasteiger partial charge in [0.25, 0.3) is 0 Å². The Labute approximate surface area is 159 Å². The zero-order valence-corrected chi connectivity index (χ0v) is 15.8. The summed E-state index contributed by atoms with van der Waals surface area (Å²) in [5.41, 5.74) is 3.54. The molecule has 0 aliphatic rings. The van der Waals surface area contributed by atoms with E-state index in [9.17, 15) is 9.90 Å². The highest BCUT2D eigenvalue weighted by atomic mass is 17.2. The minimum atomic E-state index is -0.144. The third-order valence-corrected chi connectivity index (χ3v) is 3.88. The zero-order valence-electron chi connectivity index (χ0n) is 15.8. The molecule has 2 aromatic rings. The van der Waals surface area contributed by atoms with Crippen molar-refractivity contribution in [3.63, 3.8) is 0 Å². The predicted octanol–water partition coefficient (Wildman–Crippen LogP) is 4.12. The average Bonchev–Trinajstić information content (AvgIpc) is 2.70. The zero-order chi connectivity index (χ0) is 19.6. The molecule has 5 nitrogen and oxygen atoms in total. The summed E-state index contributed by atoms with van der Waals surface area (Å²) in [6, 6.07) is 11.0. The highest BCUT2D eigenvalue weighted by Crippen LogP contribution is 2.28. The Kier molecular flexibility index (Phi) is 7.79. The molecule has 0 fully saturated rings. The van der Waals surface area contributed by atoms with Crippen LogP contribution in [0.5, 0.6) is 11.5 Å². The van der Waals surface area contributed by atoms with E-state index in [1.54, 1.807) is 30.4 Å². The van der Waals surface area contributed by atoms with Crippen molar-refractivity contribution in [3.8, 4) is 11.5 Å². The Morgan fingerprint density at radius 1 is 1.04 bits per heavy atom. The van der Waals surface area contributed by atoms with Gasteiger partial charge in [-0.25, -0.2) is 0 Å². The lowest BCUT2D eigenvalue weighted by molar-refractivity contribution is -0.203. The Morgan fingerprint density at radius 2 is 1.70 bits per heavy atom. The van der Waals surface area contributed by atoms with Gasteiger partial charge in [0.1, 0.15) is 0 Å². The third-order valence-electron chi connectivity index (χ3n) is 3.88. The van der Waals surface area contributed by atoms with Crippen molar-refractivity contribution in [2.24, 2.45) is 0 Å². The van der Waals surface area contributed by atoms with Gasteiger partial charge in [0.2, 0.25) is 5.75 Å². The first-order valence-electron chi connectivity index (χ1n) is 8.65. The molecule has 1 N–H and O–H groups in total. The standard InChI is InChI=1S/C22H24O5/c1-4-26-27-21-12-9-18(14-22(21)25-3)8-11-20(24)10-7-17-6-5-16(2)19(13-17)15-23/h5-14,23H,4,15H2,1-3H3/b10-7+,11-8+. The molecular weight excluding hydrogens is 344 g/mol. The molecule has 0 amide bonds. The summed E-state index contributed by atoms with van der Waals surface area (Å²) in [5.74, 6) is 0.848. The average molecular weight is 368 g/mol. The van der Waals surface area contributed by atoms with Crippen LogP contribution in [0.25, 0.3) is 12.2 Å². The molecule has 2 aromatic carbocycles. The second-order valence-corrected chi connectivity index (χ2v) is 5.81. The highest BCUT2D eigenvalue weighted by Gasteiger charge is 2.06. The Bertz CT molecular complexity index is 837. The molecular formula is C22H24O5. The number of aryl methyl sites for hydroxylation is 1. The van der Waals surface area contributed by atoms with Crippen LogP contribution in [-0.4, -0.2) is 24.6 Å². The van der Waals surface area contributed by atoms with E-state index in [2.05, 4.69) is 0 Å². The summed E-state index contributed by atoms with van der Waals surface area (Å²) in [4.78, 5) is 22.1. The number of benzene rings is 2. The number of rotatable bonds is 9. The summed E-state index contributed by atoms with van der Waals surface area (Å²) in [6.07, 6.45) is 6.40. The summed E-state index contributed by atoms with van der Waals surface area (Å²) < 4.78 is 5.27. The molecule has 0 saturated carbocycles. The lowest BCUT2D eigenvalue weighted by Crippen LogP contribution is -1.98. The molecule has 0 unspecified atom stereocenters. The molecule has 0 bridgehead atoms. The minimum absolute atomic E-state index is 0.0216. The molecule has 2 rings (SSSR count). The lowest BCUT2D eigenvalue weighted by Gasteiger charge is -2.08. The number of carbonyl (C=O) groups is 1. The predicted molar refractivity (Wildman–Crippen MR) is 105 cm³/mol. The molecule has 0 saturated heterocycles. The van der Waals surface area contributed by atoms with Gasteiger partial charge in [-0.15, -0.1) is 0 Å². The second-order valence-electron chi connectivity index (χ2n) is 5.81. The van der Waals surface area contributed by atoms with Crippen LogP contribution < -0.4 is 9.62 Å². The van der Waals surface area contributed by atoms with Crippen molar-refractivity contribution in [1.82, 2.24) is 0 Å². The number of aliphatic hydroxyl groups excluding tert-OH is 1. The van der Waals surface area contributed by atoms with Crippen LogP contribution in [0.3, 0.4) is 0 Å². The summed E-state index contributed by atoms with van der Waals surface area (Å²) in [5, 5.41) is 9.31. The highest BCUT2D eigenvalue weighted by molar-refractivity contribution is 6.04. The largest absolute Gasteiger partial charge is 0.493 e. The lowest BCUT2D eigenvalue weighted by atomic mass is 10.0. The first kappa shape index (κ1) is 20.4. The van der Waals surface area contributed by atoms with Crippen molar-refractivity contribution >= 4 is 17.9 Å². The van der Waals surface area contributed by atoms with E-state index in [4.69, 9.17) is 14.5 Å². The van der Waals surface area contributed by atoms with Gasteiger partial charge in [0, 0.05) is 0 Å². The number of methoxy groups -OCH3 is 1. The Balaban J connectivity index is 2.05. The van der Waals surface area contributed by atoms with E-state index in [1.165, 1.54) is 19.3 Å². The Morgan fingerprint density at radius 3 is 2.33 bits per heavy atom. The normalized spacial score (nSPS) is 11.3. The number of allylic oxidation sites excluding steroid dienone is 2. The van der Waals surface area contributed by atoms with Gasteiger partial charge in [-0.05, 0) is 66.5 Å². The van der Waals surface area contributed by atoms with Gasteiger partial charge < -0.3 is 14.7 Å². The van der Waals surface area contributed by atoms with Gasteiger partial charge in [-0.2, -0.15) is 4.89 Å². The van der Waals surface area contributed by atoms with Crippen LogP contribution in [0.1, 0.15) is 29.2 Å². The number of hydrogen-bond donors (Lipinski definition) is 1. The van der Waals surface area contributed by atoms with E-state index in [-0.39, 0.29) is 12.4 Å². The smallest absolute Gasteiger partial charge is 0.207 e. The van der Waals surface area contributed by atoms with Crippen LogP contribution in [0.4, 0.5) is 0 Å². The molecule has 27 heavy (non-hydrogen) atoms. The van der Waals surface area contributed by atoms with Crippen molar-refractivity contribution in [1.29, 1.82) is 0 Å². The van der Waals surface area contributed by atoms with E-state index in [0.717, 1.165) is 22.3 Å². The van der Waals surface area contributed by atoms with Gasteiger partial charge >= 0.3 is 0 Å². The van der Waals surface area contributed by atoms with Crippen LogP contribution in [0, 0.1) is 6.92 Å². The number of carbonyl (C=O) groups excluding carboxylic acids is 1. The first-order chi connectivity index (χ1) is 13.1. The maximum atomic E-state index is 12.1. The molecule has 0 aliphatic carbocycles. The number of ketones is 1. The van der Waals surface area contributed by atoms with Crippen LogP contribution in [0.15, 0.2) is 48.6 Å². The molecule has 0 aromatic heterocycles. The van der Waals surface area contributed by atoms with Gasteiger partial charge in [0.05, 0.1) is 20.3 Å². The topological polar surface area (TPSA) is 65.0 Å². The van der Waals surface area contributed by atoms with Crippen molar-refractivity contribution in [3.05, 3.63) is 70.8 Å². The summed E-state index contributed by atoms with van der Waals surface area (Å²) >= 11 is 0. The third kappa shape index (κ3) is 6.09. The van der Waals surface area contributed by atoms with E-state index < -0.39 is 0 Å². The fraction of sp³-hybridized carbons (Fsp3) is 0.227. The molecule has 0 radical (unpaired) electrons. The molecule has 142 valence electrons. The van der Waals surface area contributed by atoms with Crippen LogP contribution in [-0.2, 0) is 16.3 Å². The van der Waals surface area contributed by atoms with Crippen molar-refractivity contribution in [2.75, 3.05) is 13.7 Å². The minimum Gasteiger partial charge on any atom is -0.493 e. The second kappa shape index (κ2) is 10.3. The van der Waals surface area contributed by atoms with Crippen molar-refractivity contribution in [2.45, 2.75) is 20.5 Å². The van der Waals surface area contributed by atoms with Gasteiger partial charge in [-0.1, -0.05) is 30.4 Å². The maximum Gasteiger partial charge on any atom is 0.207 e. The fourth-order valence-electron chi connectivity index (χ4n) is 2.36. The number of aliphatic hydroxyl groups is 1. The number of hydrogen-bond acceptors (Lipinski definition) is 5. The van der Waals surface area contributed by atoms with E-state index in [1.807, 2.05) is 32.0 Å². The maximum absolute atomic E-state index is 12.1. The molecule has 0 aliphatic heterocycles. The molecule has 5 heteroatoms. The summed E-state index contributed by atoms with van der Waals surface area (Å²) in [7, 11) is 1.54. The SMILES string of the molecule is CCOOc1ccc(/C=C/C(=O)/C=C/c2ccc(C)c(CO)c2)cc1OC. The Hall–Kier alpha value is -2.89. The van der Waals surface area contributed by atoms with Crippen LogP contribution >= 0.6 is 0 Å². The first-order valence-corrected chi connectivity index (χ1v) is 8.65. The molecule has 0 heterocycles. The molecule has 0 atom stereocenters. The van der Waals surface area contributed by atoms with E-state index >= 15 is 0 Å². The summed E-state index contributed by atoms with van der Waals surface area (Å²) in [6.45, 7) is 4.16. The monoisotopic (exact) mass is 368 g/mol. The molecule has 0 spiro atoms.